The van der Waals surface area contributed by atoms with Gasteiger partial charge in [0.2, 0.25) is 5.91 Å². The number of aromatic nitrogens is 4. The molecule has 0 spiro atoms. The number of allylic oxidation sites excluding steroid dienone is 3. The van der Waals surface area contributed by atoms with Gasteiger partial charge in [-0.3, -0.25) is 9.78 Å². The summed E-state index contributed by atoms with van der Waals surface area (Å²) in [6, 6.07) is 8.66. The number of hydrogen-bond donors (Lipinski definition) is 3. The number of halogens is 4. The second-order valence-electron chi connectivity index (χ2n) is 8.42. The number of carbonyl (C=O) groups is 1. The fourth-order valence-electron chi connectivity index (χ4n) is 3.42. The lowest BCUT2D eigenvalue weighted by molar-refractivity contribution is -0.274. The molecular weight excluding hydrogens is 506 g/mol. The number of rotatable bonds is 11. The fourth-order valence-corrected chi connectivity index (χ4v) is 3.42. The Kier molecular flexibility index (Phi) is 9.41. The largest absolute Gasteiger partial charge is 0.573 e. The Labute approximate surface area is 216 Å². The lowest BCUT2D eigenvalue weighted by Gasteiger charge is -2.11. The molecule has 2 heterocycles. The van der Waals surface area contributed by atoms with Crippen LogP contribution in [0.2, 0.25) is 0 Å². The molecule has 38 heavy (non-hydrogen) atoms. The molecule has 0 saturated carbocycles. The van der Waals surface area contributed by atoms with Gasteiger partial charge < -0.3 is 21.5 Å². The Morgan fingerprint density at radius 2 is 1.95 bits per heavy atom. The van der Waals surface area contributed by atoms with E-state index in [0.29, 0.717) is 28.2 Å². The number of hydrogen-bond acceptors (Lipinski definition) is 7. The van der Waals surface area contributed by atoms with Crippen LogP contribution in [0.4, 0.5) is 17.6 Å². The van der Waals surface area contributed by atoms with Gasteiger partial charge in [-0.05, 0) is 67.3 Å². The van der Waals surface area contributed by atoms with E-state index in [2.05, 4.69) is 25.3 Å². The summed E-state index contributed by atoms with van der Waals surface area (Å²) in [5.41, 5.74) is 14.2. The highest BCUT2D eigenvalue weighted by atomic mass is 19.4. The van der Waals surface area contributed by atoms with Crippen molar-refractivity contribution in [2.45, 2.75) is 45.3 Å². The smallest absolute Gasteiger partial charge is 0.406 e. The van der Waals surface area contributed by atoms with Crippen LogP contribution in [-0.4, -0.2) is 38.4 Å². The first-order valence-corrected chi connectivity index (χ1v) is 11.5. The number of nitrogens with two attached hydrogens (primary N) is 2. The summed E-state index contributed by atoms with van der Waals surface area (Å²) >= 11 is 0. The lowest BCUT2D eigenvalue weighted by Crippen LogP contribution is -2.29. The molecule has 1 unspecified atom stereocenters. The quantitative estimate of drug-likeness (QED) is 0.253. The van der Waals surface area contributed by atoms with Gasteiger partial charge >= 0.3 is 6.36 Å². The monoisotopic (exact) mass is 533 g/mol. The normalized spacial score (nSPS) is 13.3. The van der Waals surface area contributed by atoms with Crippen LogP contribution in [-0.2, 0) is 17.8 Å². The van der Waals surface area contributed by atoms with Crippen molar-refractivity contribution in [2.24, 2.45) is 11.5 Å². The maximum Gasteiger partial charge on any atom is 0.573 e. The molecule has 0 bridgehead atoms. The van der Waals surface area contributed by atoms with Gasteiger partial charge in [-0.15, -0.1) is 18.3 Å². The van der Waals surface area contributed by atoms with E-state index >= 15 is 0 Å². The Bertz CT molecular complexity index is 1300. The third kappa shape index (κ3) is 9.56. The van der Waals surface area contributed by atoms with Gasteiger partial charge in [-0.2, -0.15) is 0 Å². The Morgan fingerprint density at radius 3 is 2.66 bits per heavy atom. The van der Waals surface area contributed by atoms with Gasteiger partial charge in [0.15, 0.2) is 0 Å². The average Bonchev–Trinajstić information content (AvgIpc) is 3.25. The van der Waals surface area contributed by atoms with Crippen LogP contribution in [0.25, 0.3) is 11.1 Å². The Balaban J connectivity index is 1.51. The summed E-state index contributed by atoms with van der Waals surface area (Å²) in [6.07, 6.45) is 0.328. The first-order valence-electron chi connectivity index (χ1n) is 11.5. The van der Waals surface area contributed by atoms with Crippen LogP contribution in [0.3, 0.4) is 0 Å². The molecule has 0 aliphatic carbocycles. The number of alkyl halides is 4. The van der Waals surface area contributed by atoms with Gasteiger partial charge in [0.05, 0.1) is 24.4 Å². The molecule has 0 radical (unpaired) electrons. The number of nitrogens with one attached hydrogen (secondary N) is 1. The van der Waals surface area contributed by atoms with Gasteiger partial charge in [-0.25, -0.2) is 9.07 Å². The van der Waals surface area contributed by atoms with Crippen molar-refractivity contribution >= 4 is 5.91 Å². The van der Waals surface area contributed by atoms with Crippen molar-refractivity contribution in [1.82, 2.24) is 25.3 Å². The van der Waals surface area contributed by atoms with E-state index < -0.39 is 18.4 Å². The maximum atomic E-state index is 14.1. The van der Waals surface area contributed by atoms with Crippen LogP contribution in [0, 0.1) is 6.92 Å². The van der Waals surface area contributed by atoms with E-state index in [0.717, 1.165) is 0 Å². The summed E-state index contributed by atoms with van der Waals surface area (Å²) in [7, 11) is 0. The molecule has 0 aliphatic heterocycles. The van der Waals surface area contributed by atoms with Crippen molar-refractivity contribution in [3.63, 3.8) is 0 Å². The van der Waals surface area contributed by atoms with Crippen LogP contribution in [0.1, 0.15) is 24.2 Å². The number of carbonyl (C=O) groups excluding carboxylic acids is 1. The second-order valence-corrected chi connectivity index (χ2v) is 8.42. The first-order chi connectivity index (χ1) is 18.0. The van der Waals surface area contributed by atoms with E-state index in [1.54, 1.807) is 31.3 Å². The van der Waals surface area contributed by atoms with Crippen LogP contribution >= 0.6 is 0 Å². The standard InChI is InChI=1S/C25H27F4N7O2/c1-16-14-36(35-34-16)15-19(26)5-6-20(30)7-8-23(31)33-24(37)13-21-11-18(9-10-32-21)17-3-2-4-22(12-17)38-25(27,28)29/h2-4,7-12,14,19H,5-6,13,15,30-31H2,1H3,(H,33,37)/b20-7-,23-8+. The molecule has 2 aromatic heterocycles. The second kappa shape index (κ2) is 12.7. The molecule has 0 aliphatic rings. The Morgan fingerprint density at radius 1 is 1.18 bits per heavy atom. The number of nitrogens with zero attached hydrogens (tertiary/aromatic N) is 4. The third-order valence-electron chi connectivity index (χ3n) is 5.10. The third-order valence-corrected chi connectivity index (χ3v) is 5.10. The zero-order valence-corrected chi connectivity index (χ0v) is 20.5. The van der Waals surface area contributed by atoms with E-state index in [9.17, 15) is 22.4 Å². The van der Waals surface area contributed by atoms with E-state index in [1.807, 2.05) is 0 Å². The van der Waals surface area contributed by atoms with Crippen molar-refractivity contribution in [3.8, 4) is 16.9 Å². The van der Waals surface area contributed by atoms with Gasteiger partial charge in [-0.1, -0.05) is 17.3 Å². The predicted molar refractivity (Wildman–Crippen MR) is 132 cm³/mol. The molecule has 1 atom stereocenters. The lowest BCUT2D eigenvalue weighted by atomic mass is 10.1. The van der Waals surface area contributed by atoms with Crippen molar-refractivity contribution in [3.05, 3.63) is 83.8 Å². The fraction of sp³-hybridized carbons (Fsp3) is 0.280. The van der Waals surface area contributed by atoms with Crippen LogP contribution < -0.4 is 21.5 Å². The molecule has 1 aromatic carbocycles. The summed E-state index contributed by atoms with van der Waals surface area (Å²) in [5, 5.41) is 10.1. The van der Waals surface area contributed by atoms with E-state index in [-0.39, 0.29) is 37.4 Å². The highest BCUT2D eigenvalue weighted by molar-refractivity contribution is 5.80. The van der Waals surface area contributed by atoms with Crippen LogP contribution in [0.5, 0.6) is 5.75 Å². The van der Waals surface area contributed by atoms with E-state index in [1.165, 1.54) is 41.2 Å². The number of benzene rings is 1. The topological polar surface area (TPSA) is 134 Å². The van der Waals surface area contributed by atoms with Crippen molar-refractivity contribution in [2.75, 3.05) is 0 Å². The Hall–Kier alpha value is -4.42. The highest BCUT2D eigenvalue weighted by Crippen LogP contribution is 2.28. The number of amides is 1. The molecule has 3 aromatic rings. The molecular formula is C25H27F4N7O2. The summed E-state index contributed by atoms with van der Waals surface area (Å²) in [6.45, 7) is 1.84. The number of aryl methyl sites for hydroxylation is 1. The van der Waals surface area contributed by atoms with Crippen molar-refractivity contribution in [1.29, 1.82) is 0 Å². The highest BCUT2D eigenvalue weighted by Gasteiger charge is 2.31. The molecule has 0 fully saturated rings. The minimum absolute atomic E-state index is 0.0287. The molecule has 9 nitrogen and oxygen atoms in total. The predicted octanol–water partition coefficient (Wildman–Crippen LogP) is 3.67. The molecule has 1 amide bonds. The molecule has 0 saturated heterocycles. The molecule has 5 N–H and O–H groups in total. The number of ether oxygens (including phenoxy) is 1. The average molecular weight is 534 g/mol. The molecule has 202 valence electrons. The zero-order valence-electron chi connectivity index (χ0n) is 20.5. The van der Waals surface area contributed by atoms with Gasteiger partial charge in [0, 0.05) is 18.1 Å². The maximum absolute atomic E-state index is 14.1. The first kappa shape index (κ1) is 28.2. The van der Waals surface area contributed by atoms with Crippen LogP contribution in [0.15, 0.2) is 72.5 Å². The molecule has 3 rings (SSSR count). The number of pyridine rings is 1. The minimum Gasteiger partial charge on any atom is -0.406 e. The SMILES string of the molecule is Cc1cn(CC(F)CC/C(N)=C/C=C(\N)NC(=O)Cc2cc(-c3cccc(OC(F)(F)F)c3)ccn2)nn1. The summed E-state index contributed by atoms with van der Waals surface area (Å²) in [4.78, 5) is 16.5. The van der Waals surface area contributed by atoms with Crippen molar-refractivity contribution < 1.29 is 27.1 Å². The zero-order chi connectivity index (χ0) is 27.7. The minimum atomic E-state index is -4.80. The van der Waals surface area contributed by atoms with Gasteiger partial charge in [0.1, 0.15) is 17.7 Å². The molecule has 13 heteroatoms. The van der Waals surface area contributed by atoms with E-state index in [4.69, 9.17) is 11.5 Å². The summed E-state index contributed by atoms with van der Waals surface area (Å²) in [5.74, 6) is -0.791. The van der Waals surface area contributed by atoms with Gasteiger partial charge in [0.25, 0.3) is 0 Å². The summed E-state index contributed by atoms with van der Waals surface area (Å²) < 4.78 is 57.0.